The summed E-state index contributed by atoms with van der Waals surface area (Å²) in [5.74, 6) is 0.627. The van der Waals surface area contributed by atoms with E-state index in [9.17, 15) is 4.79 Å². The molecule has 0 fully saturated rings. The van der Waals surface area contributed by atoms with Crippen LogP contribution in [0.1, 0.15) is 5.82 Å². The van der Waals surface area contributed by atoms with Gasteiger partial charge in [-0.1, -0.05) is 0 Å². The van der Waals surface area contributed by atoms with Crippen LogP contribution < -0.4 is 5.69 Å². The van der Waals surface area contributed by atoms with Gasteiger partial charge in [0.2, 0.25) is 0 Å². The lowest BCUT2D eigenvalue weighted by Gasteiger charge is -1.83. The highest BCUT2D eigenvalue weighted by Crippen LogP contribution is 1.81. The van der Waals surface area contributed by atoms with Gasteiger partial charge in [0.15, 0.2) is 0 Å². The zero-order valence-corrected chi connectivity index (χ0v) is 5.46. The van der Waals surface area contributed by atoms with Crippen molar-refractivity contribution in [3.05, 3.63) is 23.4 Å². The molecule has 0 spiro atoms. The summed E-state index contributed by atoms with van der Waals surface area (Å²) in [4.78, 5) is 10.8. The SMILES string of the molecule is [CH2]n1c(C)nn(C)c1=O. The van der Waals surface area contributed by atoms with Gasteiger partial charge in [0.1, 0.15) is 5.82 Å². The predicted molar refractivity (Wildman–Crippen MR) is 33.0 cm³/mol. The molecular formula is C5H8N3O. The van der Waals surface area contributed by atoms with Gasteiger partial charge < -0.3 is 0 Å². The Morgan fingerprint density at radius 3 is 2.33 bits per heavy atom. The summed E-state index contributed by atoms with van der Waals surface area (Å²) in [6, 6.07) is 0. The van der Waals surface area contributed by atoms with Crippen molar-refractivity contribution >= 4 is 0 Å². The molecule has 0 N–H and O–H groups in total. The highest BCUT2D eigenvalue weighted by molar-refractivity contribution is 4.83. The molecule has 4 heteroatoms. The number of hydrogen-bond acceptors (Lipinski definition) is 2. The molecule has 0 saturated heterocycles. The van der Waals surface area contributed by atoms with E-state index in [1.54, 1.807) is 14.0 Å². The molecule has 49 valence electrons. The standard InChI is InChI=1S/C5H8N3O/c1-4-6-8(3)5(9)7(4)2/h2H2,1,3H3. The first kappa shape index (κ1) is 6.07. The van der Waals surface area contributed by atoms with Gasteiger partial charge in [-0.15, -0.1) is 0 Å². The molecule has 1 rings (SSSR count). The first-order valence-corrected chi connectivity index (χ1v) is 2.56. The highest BCUT2D eigenvalue weighted by atomic mass is 16.2. The first-order valence-electron chi connectivity index (χ1n) is 2.56. The zero-order valence-electron chi connectivity index (χ0n) is 5.46. The lowest BCUT2D eigenvalue weighted by Crippen LogP contribution is -2.19. The number of aromatic nitrogens is 3. The van der Waals surface area contributed by atoms with Crippen molar-refractivity contribution in [1.82, 2.24) is 14.3 Å². The maximum absolute atomic E-state index is 10.8. The fourth-order valence-electron chi connectivity index (χ4n) is 0.627. The molecule has 0 bridgehead atoms. The Labute approximate surface area is 52.7 Å². The van der Waals surface area contributed by atoms with Gasteiger partial charge in [0.05, 0.1) is 0 Å². The summed E-state index contributed by atoms with van der Waals surface area (Å²) in [5, 5.41) is 3.81. The van der Waals surface area contributed by atoms with E-state index in [0.717, 1.165) is 0 Å². The minimum absolute atomic E-state index is 0.187. The molecule has 0 amide bonds. The fraction of sp³-hybridized carbons (Fsp3) is 0.400. The molecule has 0 saturated carbocycles. The quantitative estimate of drug-likeness (QED) is 0.471. The van der Waals surface area contributed by atoms with Crippen molar-refractivity contribution in [2.24, 2.45) is 7.05 Å². The summed E-state index contributed by atoms with van der Waals surface area (Å²) < 4.78 is 2.50. The third kappa shape index (κ3) is 0.759. The van der Waals surface area contributed by atoms with Gasteiger partial charge in [-0.2, -0.15) is 5.10 Å². The van der Waals surface area contributed by atoms with Crippen LogP contribution >= 0.6 is 0 Å². The summed E-state index contributed by atoms with van der Waals surface area (Å²) in [5.41, 5.74) is -0.187. The summed E-state index contributed by atoms with van der Waals surface area (Å²) in [6.07, 6.45) is 0. The van der Waals surface area contributed by atoms with E-state index in [2.05, 4.69) is 12.1 Å². The van der Waals surface area contributed by atoms with E-state index < -0.39 is 0 Å². The van der Waals surface area contributed by atoms with E-state index in [1.165, 1.54) is 9.25 Å². The lowest BCUT2D eigenvalue weighted by atomic mass is 10.7. The molecule has 0 aliphatic rings. The molecule has 1 aromatic heterocycles. The summed E-state index contributed by atoms with van der Waals surface area (Å²) >= 11 is 0. The van der Waals surface area contributed by atoms with E-state index in [0.29, 0.717) is 5.82 Å². The van der Waals surface area contributed by atoms with Crippen LogP contribution in [0, 0.1) is 14.0 Å². The van der Waals surface area contributed by atoms with Crippen molar-refractivity contribution in [2.75, 3.05) is 0 Å². The van der Waals surface area contributed by atoms with Crippen LogP contribution in [-0.4, -0.2) is 14.3 Å². The molecule has 0 aliphatic carbocycles. The zero-order chi connectivity index (χ0) is 7.02. The molecule has 4 nitrogen and oxygen atoms in total. The van der Waals surface area contributed by atoms with Gasteiger partial charge >= 0.3 is 5.69 Å². The van der Waals surface area contributed by atoms with Gasteiger partial charge in [0.25, 0.3) is 0 Å². The van der Waals surface area contributed by atoms with Crippen LogP contribution in [0.4, 0.5) is 0 Å². The minimum atomic E-state index is -0.187. The average molecular weight is 126 g/mol. The van der Waals surface area contributed by atoms with Crippen LogP contribution in [0.25, 0.3) is 0 Å². The third-order valence-corrected chi connectivity index (χ3v) is 1.19. The van der Waals surface area contributed by atoms with Gasteiger partial charge in [-0.3, -0.25) is 4.57 Å². The Bertz CT molecular complexity index is 270. The number of nitrogens with zero attached hydrogens (tertiary/aromatic N) is 3. The van der Waals surface area contributed by atoms with Crippen molar-refractivity contribution in [3.8, 4) is 0 Å². The second-order valence-corrected chi connectivity index (χ2v) is 1.88. The van der Waals surface area contributed by atoms with E-state index in [-0.39, 0.29) is 5.69 Å². The average Bonchev–Trinajstić information content (AvgIpc) is 1.98. The number of rotatable bonds is 0. The summed E-state index contributed by atoms with van der Waals surface area (Å²) in [6.45, 7) is 1.73. The van der Waals surface area contributed by atoms with Gasteiger partial charge in [-0.25, -0.2) is 9.48 Å². The number of hydrogen-bond donors (Lipinski definition) is 0. The Hall–Kier alpha value is -1.06. The smallest absolute Gasteiger partial charge is 0.277 e. The van der Waals surface area contributed by atoms with Gasteiger partial charge in [-0.05, 0) is 6.92 Å². The Morgan fingerprint density at radius 2 is 2.22 bits per heavy atom. The predicted octanol–water partition coefficient (Wildman–Crippen LogP) is -0.470. The Morgan fingerprint density at radius 1 is 1.67 bits per heavy atom. The largest absolute Gasteiger partial charge is 0.345 e. The maximum atomic E-state index is 10.8. The van der Waals surface area contributed by atoms with E-state index >= 15 is 0 Å². The molecule has 0 aliphatic heterocycles. The Kier molecular flexibility index (Phi) is 1.16. The lowest BCUT2D eigenvalue weighted by molar-refractivity contribution is 0.722. The maximum Gasteiger partial charge on any atom is 0.345 e. The Balaban J connectivity index is 3.48. The second kappa shape index (κ2) is 1.72. The van der Waals surface area contributed by atoms with Gasteiger partial charge in [0, 0.05) is 14.1 Å². The van der Waals surface area contributed by atoms with Crippen LogP contribution in [0.2, 0.25) is 0 Å². The third-order valence-electron chi connectivity index (χ3n) is 1.19. The molecule has 1 radical (unpaired) electrons. The van der Waals surface area contributed by atoms with Crippen LogP contribution in [0.5, 0.6) is 0 Å². The van der Waals surface area contributed by atoms with E-state index in [1.807, 2.05) is 0 Å². The minimum Gasteiger partial charge on any atom is -0.277 e. The second-order valence-electron chi connectivity index (χ2n) is 1.88. The molecule has 1 heterocycles. The van der Waals surface area contributed by atoms with Crippen molar-refractivity contribution in [1.29, 1.82) is 0 Å². The monoisotopic (exact) mass is 126 g/mol. The highest BCUT2D eigenvalue weighted by Gasteiger charge is 1.99. The topological polar surface area (TPSA) is 39.8 Å². The van der Waals surface area contributed by atoms with E-state index in [4.69, 9.17) is 0 Å². The molecule has 9 heavy (non-hydrogen) atoms. The fourth-order valence-corrected chi connectivity index (χ4v) is 0.627. The van der Waals surface area contributed by atoms with Crippen LogP contribution in [-0.2, 0) is 7.05 Å². The molecule has 1 aromatic rings. The summed E-state index contributed by atoms with van der Waals surface area (Å²) in [7, 11) is 5.06. The van der Waals surface area contributed by atoms with Crippen LogP contribution in [0.15, 0.2) is 4.79 Å². The molecule has 0 atom stereocenters. The molecular weight excluding hydrogens is 118 g/mol. The molecule has 0 unspecified atom stereocenters. The number of aryl methyl sites for hydroxylation is 2. The van der Waals surface area contributed by atoms with Crippen molar-refractivity contribution in [3.63, 3.8) is 0 Å². The van der Waals surface area contributed by atoms with Crippen LogP contribution in [0.3, 0.4) is 0 Å². The first-order chi connectivity index (χ1) is 4.13. The normalized spacial score (nSPS) is 10.1. The molecule has 0 aromatic carbocycles. The van der Waals surface area contributed by atoms with Crippen molar-refractivity contribution in [2.45, 2.75) is 6.92 Å². The van der Waals surface area contributed by atoms with Crippen molar-refractivity contribution < 1.29 is 0 Å².